The Labute approximate surface area is 130 Å². The zero-order chi connectivity index (χ0) is 13.4. The van der Waals surface area contributed by atoms with Crippen LogP contribution in [0.3, 0.4) is 0 Å². The number of nitrogens with zero attached hydrogens (tertiary/aromatic N) is 1. The average molecular weight is 356 g/mol. The van der Waals surface area contributed by atoms with E-state index in [0.717, 1.165) is 33.3 Å². The molecule has 0 radical (unpaired) electrons. The summed E-state index contributed by atoms with van der Waals surface area (Å²) in [4.78, 5) is 7.95. The molecule has 0 saturated heterocycles. The Morgan fingerprint density at radius 2 is 2.05 bits per heavy atom. The summed E-state index contributed by atoms with van der Waals surface area (Å²) in [6, 6.07) is 5.78. The van der Waals surface area contributed by atoms with Gasteiger partial charge >= 0.3 is 0 Å². The summed E-state index contributed by atoms with van der Waals surface area (Å²) in [5.41, 5.74) is 3.46. The largest absolute Gasteiger partial charge is 0.343 e. The normalized spacial score (nSPS) is 14.2. The molecule has 98 valence electrons. The molecule has 0 unspecified atom stereocenters. The van der Waals surface area contributed by atoms with Crippen LogP contribution in [0.25, 0.3) is 11.4 Å². The van der Waals surface area contributed by atoms with Gasteiger partial charge in [0.1, 0.15) is 10.5 Å². The van der Waals surface area contributed by atoms with Crippen molar-refractivity contribution in [2.24, 2.45) is 0 Å². The monoisotopic (exact) mass is 354 g/mol. The lowest BCUT2D eigenvalue weighted by Gasteiger charge is -2.16. The summed E-state index contributed by atoms with van der Waals surface area (Å²) in [7, 11) is 0. The van der Waals surface area contributed by atoms with E-state index >= 15 is 0 Å². The minimum atomic E-state index is 0.695. The maximum Gasteiger partial charge on any atom is 0.139 e. The highest BCUT2D eigenvalue weighted by Crippen LogP contribution is 2.29. The van der Waals surface area contributed by atoms with Crippen LogP contribution in [0.2, 0.25) is 5.02 Å². The van der Waals surface area contributed by atoms with Gasteiger partial charge in [-0.05, 0) is 59.8 Å². The van der Waals surface area contributed by atoms with Crippen LogP contribution < -0.4 is 0 Å². The van der Waals surface area contributed by atoms with E-state index in [1.165, 1.54) is 24.1 Å². The van der Waals surface area contributed by atoms with Crippen molar-refractivity contribution in [1.29, 1.82) is 0 Å². The van der Waals surface area contributed by atoms with Gasteiger partial charge < -0.3 is 4.98 Å². The van der Waals surface area contributed by atoms with E-state index in [4.69, 9.17) is 23.8 Å². The predicted octanol–water partition coefficient (Wildman–Crippen LogP) is 5.10. The first kappa shape index (κ1) is 13.3. The summed E-state index contributed by atoms with van der Waals surface area (Å²) < 4.78 is 1.60. The molecule has 0 spiro atoms. The Morgan fingerprint density at radius 3 is 2.84 bits per heavy atom. The molecule has 19 heavy (non-hydrogen) atoms. The quantitative estimate of drug-likeness (QED) is 0.721. The molecule has 2 nitrogen and oxygen atoms in total. The van der Waals surface area contributed by atoms with E-state index in [1.807, 2.05) is 18.2 Å². The molecule has 2 aromatic rings. The molecule has 3 rings (SSSR count). The highest BCUT2D eigenvalue weighted by Gasteiger charge is 2.14. The second-order valence-electron chi connectivity index (χ2n) is 4.68. The number of hydrogen-bond acceptors (Lipinski definition) is 2. The average Bonchev–Trinajstić information content (AvgIpc) is 2.42. The van der Waals surface area contributed by atoms with E-state index in [0.29, 0.717) is 5.02 Å². The van der Waals surface area contributed by atoms with Crippen LogP contribution in [0.15, 0.2) is 22.7 Å². The van der Waals surface area contributed by atoms with Gasteiger partial charge in [0.25, 0.3) is 0 Å². The molecule has 1 N–H and O–H groups in total. The topological polar surface area (TPSA) is 28.7 Å². The summed E-state index contributed by atoms with van der Waals surface area (Å²) in [5.74, 6) is 0.822. The lowest BCUT2D eigenvalue weighted by molar-refractivity contribution is 0.661. The fourth-order valence-electron chi connectivity index (χ4n) is 2.40. The highest BCUT2D eigenvalue weighted by molar-refractivity contribution is 9.10. The van der Waals surface area contributed by atoms with Crippen LogP contribution >= 0.6 is 39.7 Å². The number of aryl methyl sites for hydroxylation is 1. The number of fused-ring (bicyclic) bond motifs is 1. The van der Waals surface area contributed by atoms with Crippen LogP contribution in [0.4, 0.5) is 0 Å². The second kappa shape index (κ2) is 5.35. The van der Waals surface area contributed by atoms with Gasteiger partial charge in [-0.2, -0.15) is 0 Å². The fraction of sp³-hybridized carbons (Fsp3) is 0.286. The summed E-state index contributed by atoms with van der Waals surface area (Å²) in [6.07, 6.45) is 4.52. The molecule has 0 aliphatic heterocycles. The van der Waals surface area contributed by atoms with Crippen LogP contribution in [0, 0.1) is 4.64 Å². The lowest BCUT2D eigenvalue weighted by Crippen LogP contribution is -2.08. The van der Waals surface area contributed by atoms with E-state index < -0.39 is 0 Å². The number of aromatic nitrogens is 2. The predicted molar refractivity (Wildman–Crippen MR) is 84.2 cm³/mol. The molecule has 1 aromatic carbocycles. The number of nitrogens with one attached hydrogen (secondary N) is 1. The molecule has 5 heteroatoms. The first-order valence-electron chi connectivity index (χ1n) is 6.22. The molecule has 1 aromatic heterocycles. The second-order valence-corrected chi connectivity index (χ2v) is 6.33. The molecule has 0 saturated carbocycles. The van der Waals surface area contributed by atoms with Gasteiger partial charge in [0.15, 0.2) is 0 Å². The third-order valence-corrected chi connectivity index (χ3v) is 4.95. The van der Waals surface area contributed by atoms with Gasteiger partial charge in [0, 0.05) is 21.3 Å². The fourth-order valence-corrected chi connectivity index (χ4v) is 3.21. The van der Waals surface area contributed by atoms with Gasteiger partial charge in [0.05, 0.1) is 5.02 Å². The molecule has 0 atom stereocenters. The number of H-pyrrole nitrogens is 1. The summed E-state index contributed by atoms with van der Waals surface area (Å²) in [5, 5.41) is 0.695. The molecule has 1 heterocycles. The van der Waals surface area contributed by atoms with Crippen molar-refractivity contribution in [2.45, 2.75) is 25.7 Å². The zero-order valence-corrected chi connectivity index (χ0v) is 13.3. The molecule has 1 aliphatic rings. The van der Waals surface area contributed by atoms with Crippen molar-refractivity contribution < 1.29 is 0 Å². The first-order chi connectivity index (χ1) is 9.15. The number of hydrogen-bond donors (Lipinski definition) is 1. The van der Waals surface area contributed by atoms with Crippen molar-refractivity contribution in [2.75, 3.05) is 0 Å². The van der Waals surface area contributed by atoms with Gasteiger partial charge in [-0.15, -0.1) is 0 Å². The highest BCUT2D eigenvalue weighted by atomic mass is 79.9. The Balaban J connectivity index is 2.12. The molecule has 0 bridgehead atoms. The summed E-state index contributed by atoms with van der Waals surface area (Å²) >= 11 is 14.9. The maximum atomic E-state index is 6.02. The van der Waals surface area contributed by atoms with Crippen molar-refractivity contribution in [1.82, 2.24) is 9.97 Å². The van der Waals surface area contributed by atoms with E-state index in [2.05, 4.69) is 25.9 Å². The van der Waals surface area contributed by atoms with E-state index in [9.17, 15) is 0 Å². The van der Waals surface area contributed by atoms with Crippen LogP contribution in [-0.4, -0.2) is 9.97 Å². The Kier molecular flexibility index (Phi) is 3.74. The minimum absolute atomic E-state index is 0.695. The smallest absolute Gasteiger partial charge is 0.139 e. The third kappa shape index (κ3) is 2.62. The molecule has 1 aliphatic carbocycles. The molecular weight excluding hydrogens is 344 g/mol. The SMILES string of the molecule is S=c1nc(-c2ccc(Cl)c(Br)c2)[nH]c2c1CCCC2. The third-order valence-electron chi connectivity index (χ3n) is 3.40. The number of rotatable bonds is 1. The standard InChI is InChI=1S/C14H12BrClN2S/c15-10-7-8(5-6-11(10)16)13-17-12-4-2-1-3-9(12)14(19)18-13/h5-7H,1-4H2,(H,17,18,19). The van der Waals surface area contributed by atoms with Crippen LogP contribution in [-0.2, 0) is 12.8 Å². The Morgan fingerprint density at radius 1 is 1.26 bits per heavy atom. The van der Waals surface area contributed by atoms with E-state index in [-0.39, 0.29) is 0 Å². The summed E-state index contributed by atoms with van der Waals surface area (Å²) in [6.45, 7) is 0. The Hall–Kier alpha value is -0.710. The minimum Gasteiger partial charge on any atom is -0.343 e. The molecule has 0 fully saturated rings. The number of halogens is 2. The van der Waals surface area contributed by atoms with Crippen molar-refractivity contribution in [3.8, 4) is 11.4 Å². The van der Waals surface area contributed by atoms with E-state index in [1.54, 1.807) is 0 Å². The van der Waals surface area contributed by atoms with Gasteiger partial charge in [-0.3, -0.25) is 0 Å². The molecule has 0 amide bonds. The van der Waals surface area contributed by atoms with Gasteiger partial charge in [0.2, 0.25) is 0 Å². The van der Waals surface area contributed by atoms with Crippen molar-refractivity contribution in [3.05, 3.63) is 43.6 Å². The first-order valence-corrected chi connectivity index (χ1v) is 7.80. The Bertz CT molecular complexity index is 696. The lowest BCUT2D eigenvalue weighted by atomic mass is 9.97. The molecular formula is C14H12BrClN2S. The van der Waals surface area contributed by atoms with Gasteiger partial charge in [-0.1, -0.05) is 23.8 Å². The zero-order valence-electron chi connectivity index (χ0n) is 10.2. The number of aromatic amines is 1. The van der Waals surface area contributed by atoms with Gasteiger partial charge in [-0.25, -0.2) is 4.98 Å². The van der Waals surface area contributed by atoms with Crippen LogP contribution in [0.1, 0.15) is 24.1 Å². The van der Waals surface area contributed by atoms with Crippen LogP contribution in [0.5, 0.6) is 0 Å². The van der Waals surface area contributed by atoms with Crippen molar-refractivity contribution in [3.63, 3.8) is 0 Å². The number of benzene rings is 1. The van der Waals surface area contributed by atoms with Crippen molar-refractivity contribution >= 4 is 39.7 Å². The maximum absolute atomic E-state index is 6.02.